The second-order valence-corrected chi connectivity index (χ2v) is 18.1. The molecule has 262 valence electrons. The summed E-state index contributed by atoms with van der Waals surface area (Å²) in [6.07, 6.45) is -0.0564. The Bertz CT molecular complexity index is 1820. The van der Waals surface area contributed by atoms with Gasteiger partial charge in [-0.15, -0.1) is 0 Å². The van der Waals surface area contributed by atoms with Gasteiger partial charge >= 0.3 is 0 Å². The maximum atomic E-state index is 16.5. The van der Waals surface area contributed by atoms with Crippen molar-refractivity contribution in [3.63, 3.8) is 0 Å². The van der Waals surface area contributed by atoms with E-state index in [4.69, 9.17) is 4.74 Å². The second-order valence-electron chi connectivity index (χ2n) is 14.3. The van der Waals surface area contributed by atoms with E-state index in [2.05, 4.69) is 0 Å². The van der Waals surface area contributed by atoms with Crippen molar-refractivity contribution in [2.24, 2.45) is 5.92 Å². The molecule has 0 aliphatic carbocycles. The Hall–Kier alpha value is -4.39. The molecule has 4 atom stereocenters. The maximum absolute atomic E-state index is 16.5. The van der Waals surface area contributed by atoms with Crippen molar-refractivity contribution in [2.45, 2.75) is 69.6 Å². The monoisotopic (exact) mass is 698 g/mol. The number of amides is 4. The third kappa shape index (κ3) is 5.82. The number of aliphatic hydroxyl groups excluding tert-OH is 1. The predicted molar refractivity (Wildman–Crippen MR) is 190 cm³/mol. The molecule has 0 radical (unpaired) electrons. The van der Waals surface area contributed by atoms with Crippen molar-refractivity contribution in [1.29, 1.82) is 0 Å². The molecule has 3 aromatic carbocycles. The average Bonchev–Trinajstić information content (AvgIpc) is 3.50. The molecule has 0 unspecified atom stereocenters. The number of β-lactam (4-membered cyclic amide) rings is 2. The van der Waals surface area contributed by atoms with Crippen LogP contribution in [0.2, 0.25) is 18.6 Å². The van der Waals surface area contributed by atoms with Crippen molar-refractivity contribution in [2.75, 3.05) is 40.9 Å². The van der Waals surface area contributed by atoms with Crippen molar-refractivity contribution >= 4 is 49.1 Å². The number of aliphatic hydroxyl groups is 1. The van der Waals surface area contributed by atoms with E-state index in [1.165, 1.54) is 0 Å². The zero-order valence-electron chi connectivity index (χ0n) is 28.7. The number of rotatable bonds is 11. The number of halogens is 1. The summed E-state index contributed by atoms with van der Waals surface area (Å²) in [6, 6.07) is 22.5. The highest BCUT2D eigenvalue weighted by Gasteiger charge is 2.67. The van der Waals surface area contributed by atoms with Crippen LogP contribution in [0.5, 0.6) is 0 Å². The molecular weight excluding hydrogens is 656 g/mol. The SMILES string of the molecule is C[C@@H]1[C@@H]([Si](C)(C)F)[C@H](CC(=O)N(CCO)Cc2ccccc2)O[C@@]12C(=O)N(Cc1ccc(N3CCC3=O)cc1)c1ccc(N3CCC3=O)cc12. The van der Waals surface area contributed by atoms with Gasteiger partial charge in [0.15, 0.2) is 5.60 Å². The van der Waals surface area contributed by atoms with Gasteiger partial charge in [-0.3, -0.25) is 19.2 Å². The third-order valence-corrected chi connectivity index (χ3v) is 13.3. The molecule has 3 aromatic rings. The Morgan fingerprint density at radius 2 is 1.58 bits per heavy atom. The number of nitrogens with zero attached hydrogens (tertiary/aromatic N) is 4. The lowest BCUT2D eigenvalue weighted by Gasteiger charge is -2.33. The molecule has 10 nitrogen and oxygen atoms in total. The largest absolute Gasteiger partial charge is 0.395 e. The van der Waals surface area contributed by atoms with E-state index < -0.39 is 31.6 Å². The summed E-state index contributed by atoms with van der Waals surface area (Å²) >= 11 is 0. The van der Waals surface area contributed by atoms with Crippen molar-refractivity contribution in [1.82, 2.24) is 4.90 Å². The molecule has 3 fully saturated rings. The predicted octanol–water partition coefficient (Wildman–Crippen LogP) is 4.89. The number of anilines is 3. The third-order valence-electron chi connectivity index (χ3n) is 10.9. The summed E-state index contributed by atoms with van der Waals surface area (Å²) in [5.41, 5.74) is 2.12. The number of ether oxygens (including phenoxy) is 1. The van der Waals surface area contributed by atoms with Crippen molar-refractivity contribution in [3.8, 4) is 0 Å². The number of hydrogen-bond donors (Lipinski definition) is 1. The summed E-state index contributed by atoms with van der Waals surface area (Å²) in [5, 5.41) is 9.82. The Labute approximate surface area is 292 Å². The van der Waals surface area contributed by atoms with Crippen molar-refractivity contribution < 1.29 is 33.1 Å². The minimum Gasteiger partial charge on any atom is -0.395 e. The highest BCUT2D eigenvalue weighted by molar-refractivity contribution is 6.72. The first-order valence-corrected chi connectivity index (χ1v) is 20.3. The normalized spacial score (nSPS) is 24.5. The van der Waals surface area contributed by atoms with Gasteiger partial charge in [0, 0.05) is 67.4 Å². The van der Waals surface area contributed by atoms with Crippen LogP contribution in [-0.2, 0) is 42.6 Å². The lowest BCUT2D eigenvalue weighted by molar-refractivity contribution is -0.150. The van der Waals surface area contributed by atoms with Gasteiger partial charge in [0.1, 0.15) is 0 Å². The van der Waals surface area contributed by atoms with Gasteiger partial charge in [-0.2, -0.15) is 0 Å². The van der Waals surface area contributed by atoms with E-state index in [0.29, 0.717) is 42.9 Å². The lowest BCUT2D eigenvalue weighted by atomic mass is 9.82. The Morgan fingerprint density at radius 1 is 0.940 bits per heavy atom. The molecular formula is C38H43FN4O6Si. The Kier molecular flexibility index (Phi) is 8.90. The van der Waals surface area contributed by atoms with Gasteiger partial charge in [0.25, 0.3) is 5.91 Å². The zero-order chi connectivity index (χ0) is 35.4. The highest BCUT2D eigenvalue weighted by atomic mass is 28.4. The van der Waals surface area contributed by atoms with Crippen molar-refractivity contribution in [3.05, 3.63) is 89.5 Å². The van der Waals surface area contributed by atoms with Crippen LogP contribution in [-0.4, -0.2) is 74.4 Å². The number of benzene rings is 3. The fraction of sp³-hybridized carbons (Fsp3) is 0.421. The topological polar surface area (TPSA) is 111 Å². The van der Waals surface area contributed by atoms with E-state index in [1.54, 1.807) is 32.7 Å². The number of carbonyl (C=O) groups excluding carboxylic acids is 4. The van der Waals surface area contributed by atoms with E-state index in [-0.39, 0.29) is 56.3 Å². The van der Waals surface area contributed by atoms with Crippen LogP contribution in [0.15, 0.2) is 72.8 Å². The minimum atomic E-state index is -3.56. The van der Waals surface area contributed by atoms with Gasteiger partial charge in [0.2, 0.25) is 26.1 Å². The number of carbonyl (C=O) groups is 4. The summed E-state index contributed by atoms with van der Waals surface area (Å²) < 4.78 is 23.4. The molecule has 0 aromatic heterocycles. The highest BCUT2D eigenvalue weighted by Crippen LogP contribution is 2.61. The van der Waals surface area contributed by atoms with Crippen LogP contribution in [0.25, 0.3) is 0 Å². The molecule has 4 aliphatic rings. The first-order valence-electron chi connectivity index (χ1n) is 17.4. The summed E-state index contributed by atoms with van der Waals surface area (Å²) in [4.78, 5) is 59.9. The lowest BCUT2D eigenvalue weighted by Crippen LogP contribution is -2.45. The summed E-state index contributed by atoms with van der Waals surface area (Å²) in [7, 11) is -3.56. The standard InChI is InChI=1S/C38H43FN4O6Si/c1-25-36(50(2,3)39)32(22-35(47)40(19-20-44)23-26-7-5-4-6-8-26)49-38(25)30-21-29(42-18-16-34(42)46)13-14-31(30)43(37(38)48)24-27-9-11-28(12-10-27)41-17-15-33(41)45/h4-14,21,25,32,36,44H,15-20,22-24H2,1-3H3/t25-,32+,36-,38+/m1/s1. The Balaban J connectivity index is 1.24. The molecule has 7 rings (SSSR count). The first kappa shape index (κ1) is 34.1. The van der Waals surface area contributed by atoms with Gasteiger partial charge in [-0.05, 0) is 54.6 Å². The number of fused-ring (bicyclic) bond motifs is 2. The van der Waals surface area contributed by atoms with Crippen LogP contribution in [0.4, 0.5) is 21.2 Å². The Morgan fingerprint density at radius 3 is 2.16 bits per heavy atom. The van der Waals surface area contributed by atoms with Gasteiger partial charge in [-0.25, -0.2) is 0 Å². The van der Waals surface area contributed by atoms with Crippen LogP contribution in [0.3, 0.4) is 0 Å². The second kappa shape index (κ2) is 13.1. The van der Waals surface area contributed by atoms with Gasteiger partial charge in [0.05, 0.1) is 31.4 Å². The van der Waals surface area contributed by atoms with Gasteiger partial charge in [-0.1, -0.05) is 49.4 Å². The van der Waals surface area contributed by atoms with Crippen LogP contribution >= 0.6 is 0 Å². The van der Waals surface area contributed by atoms with Crippen LogP contribution < -0.4 is 14.7 Å². The van der Waals surface area contributed by atoms with E-state index in [1.807, 2.05) is 79.7 Å². The van der Waals surface area contributed by atoms with E-state index in [0.717, 1.165) is 16.8 Å². The molecule has 4 heterocycles. The maximum Gasteiger partial charge on any atom is 0.264 e. The summed E-state index contributed by atoms with van der Waals surface area (Å²) in [5.74, 6) is -1.17. The molecule has 1 spiro atoms. The van der Waals surface area contributed by atoms with Crippen LogP contribution in [0, 0.1) is 5.92 Å². The molecule has 3 saturated heterocycles. The quantitative estimate of drug-likeness (QED) is 0.174. The zero-order valence-corrected chi connectivity index (χ0v) is 29.7. The van der Waals surface area contributed by atoms with Gasteiger partial charge < -0.3 is 33.6 Å². The molecule has 4 amide bonds. The molecule has 1 N–H and O–H groups in total. The minimum absolute atomic E-state index is 0.0117. The average molecular weight is 699 g/mol. The number of hydrogen-bond acceptors (Lipinski definition) is 6. The molecule has 12 heteroatoms. The summed E-state index contributed by atoms with van der Waals surface area (Å²) in [6.45, 7) is 6.66. The first-order chi connectivity index (χ1) is 23.9. The molecule has 0 saturated carbocycles. The molecule has 0 bridgehead atoms. The van der Waals surface area contributed by atoms with Crippen LogP contribution in [0.1, 0.15) is 42.9 Å². The van der Waals surface area contributed by atoms with E-state index in [9.17, 15) is 24.3 Å². The fourth-order valence-corrected chi connectivity index (χ4v) is 10.7. The smallest absolute Gasteiger partial charge is 0.264 e. The fourth-order valence-electron chi connectivity index (χ4n) is 8.22. The van der Waals surface area contributed by atoms with E-state index >= 15 is 4.11 Å². The molecule has 50 heavy (non-hydrogen) atoms. The molecule has 4 aliphatic heterocycles.